The molecule has 3 rings (SSSR count). The van der Waals surface area contributed by atoms with Crippen LogP contribution in [0.25, 0.3) is 0 Å². The molecular formula is C31H48F2O. The van der Waals surface area contributed by atoms with Gasteiger partial charge in [0.15, 0.2) is 11.6 Å². The number of hydrogen-bond donors (Lipinski definition) is 0. The standard InChI is InChI=1S/C31H48F2O/c1-3-5-7-8-9-11-23-34-29-22-21-28(30(32)31(29)33)27-19-17-26(18-20-27)25-15-13-24(14-16-25)12-10-6-4-2/h6,10,21-22,24-27H,3-5,7-9,11-20,23H2,1-2H3/b10-6-. The van der Waals surface area contributed by atoms with Crippen molar-refractivity contribution in [2.24, 2.45) is 17.8 Å². The van der Waals surface area contributed by atoms with E-state index in [1.807, 2.05) is 0 Å². The van der Waals surface area contributed by atoms with Gasteiger partial charge in [0.2, 0.25) is 5.82 Å². The molecular weight excluding hydrogens is 426 g/mol. The van der Waals surface area contributed by atoms with E-state index >= 15 is 0 Å². The molecule has 34 heavy (non-hydrogen) atoms. The first-order valence-electron chi connectivity index (χ1n) is 14.4. The Kier molecular flexibility index (Phi) is 11.9. The van der Waals surface area contributed by atoms with E-state index in [1.165, 1.54) is 57.8 Å². The summed E-state index contributed by atoms with van der Waals surface area (Å²) in [4.78, 5) is 0. The van der Waals surface area contributed by atoms with Gasteiger partial charge in [-0.25, -0.2) is 4.39 Å². The first-order chi connectivity index (χ1) is 16.6. The lowest BCUT2D eigenvalue weighted by atomic mass is 9.68. The smallest absolute Gasteiger partial charge is 0.200 e. The van der Waals surface area contributed by atoms with Crippen LogP contribution in [0, 0.1) is 29.4 Å². The van der Waals surface area contributed by atoms with E-state index in [0.29, 0.717) is 12.2 Å². The molecule has 3 heteroatoms. The van der Waals surface area contributed by atoms with Gasteiger partial charge in [0.05, 0.1) is 6.61 Å². The maximum Gasteiger partial charge on any atom is 0.200 e. The molecule has 0 spiro atoms. The molecule has 2 saturated carbocycles. The monoisotopic (exact) mass is 474 g/mol. The van der Waals surface area contributed by atoms with Gasteiger partial charge in [0.1, 0.15) is 0 Å². The summed E-state index contributed by atoms with van der Waals surface area (Å²) in [5, 5.41) is 0. The van der Waals surface area contributed by atoms with Crippen LogP contribution in [0.3, 0.4) is 0 Å². The molecule has 0 saturated heterocycles. The molecule has 0 heterocycles. The largest absolute Gasteiger partial charge is 0.490 e. The molecule has 1 aromatic rings. The van der Waals surface area contributed by atoms with Crippen molar-refractivity contribution >= 4 is 0 Å². The number of halogens is 2. The van der Waals surface area contributed by atoms with E-state index < -0.39 is 11.6 Å². The van der Waals surface area contributed by atoms with Crippen molar-refractivity contribution in [2.75, 3.05) is 6.61 Å². The van der Waals surface area contributed by atoms with Crippen molar-refractivity contribution in [1.29, 1.82) is 0 Å². The highest BCUT2D eigenvalue weighted by molar-refractivity contribution is 5.33. The number of unbranched alkanes of at least 4 members (excludes halogenated alkanes) is 5. The molecule has 2 fully saturated rings. The maximum absolute atomic E-state index is 14.9. The van der Waals surface area contributed by atoms with Gasteiger partial charge in [-0.15, -0.1) is 0 Å². The lowest BCUT2D eigenvalue weighted by Gasteiger charge is -2.38. The zero-order valence-corrected chi connectivity index (χ0v) is 21.8. The van der Waals surface area contributed by atoms with Crippen molar-refractivity contribution in [2.45, 2.75) is 122 Å². The van der Waals surface area contributed by atoms with Gasteiger partial charge in [0.25, 0.3) is 0 Å². The van der Waals surface area contributed by atoms with E-state index in [2.05, 4.69) is 26.0 Å². The molecule has 0 bridgehead atoms. The SMILES string of the molecule is CC/C=C\CC1CCC(C2CCC(c3ccc(OCCCCCCCC)c(F)c3F)CC2)CC1. The number of hydrogen-bond acceptors (Lipinski definition) is 1. The summed E-state index contributed by atoms with van der Waals surface area (Å²) in [5.41, 5.74) is 0.564. The lowest BCUT2D eigenvalue weighted by molar-refractivity contribution is 0.160. The summed E-state index contributed by atoms with van der Waals surface area (Å²) in [6.45, 7) is 4.86. The lowest BCUT2D eigenvalue weighted by Crippen LogP contribution is -2.25. The summed E-state index contributed by atoms with van der Waals surface area (Å²) in [7, 11) is 0. The molecule has 0 amide bonds. The normalized spacial score (nSPS) is 25.6. The Morgan fingerprint density at radius 1 is 0.765 bits per heavy atom. The second-order valence-electron chi connectivity index (χ2n) is 10.9. The van der Waals surface area contributed by atoms with E-state index in [0.717, 1.165) is 62.7 Å². The van der Waals surface area contributed by atoms with E-state index in [9.17, 15) is 8.78 Å². The van der Waals surface area contributed by atoms with Gasteiger partial charge >= 0.3 is 0 Å². The zero-order chi connectivity index (χ0) is 24.2. The van der Waals surface area contributed by atoms with Crippen LogP contribution in [0.4, 0.5) is 8.78 Å². The highest BCUT2D eigenvalue weighted by Gasteiger charge is 2.32. The van der Waals surface area contributed by atoms with Crippen LogP contribution >= 0.6 is 0 Å². The molecule has 0 aromatic heterocycles. The van der Waals surface area contributed by atoms with Crippen molar-refractivity contribution in [1.82, 2.24) is 0 Å². The Hall–Kier alpha value is -1.38. The van der Waals surface area contributed by atoms with Gasteiger partial charge in [-0.05, 0) is 106 Å². The predicted octanol–water partition coefficient (Wildman–Crippen LogP) is 10.1. The Balaban J connectivity index is 1.42. The molecule has 1 aromatic carbocycles. The topological polar surface area (TPSA) is 9.23 Å². The van der Waals surface area contributed by atoms with Crippen molar-refractivity contribution in [3.05, 3.63) is 41.5 Å². The fourth-order valence-electron chi connectivity index (χ4n) is 6.29. The minimum atomic E-state index is -0.791. The third-order valence-corrected chi connectivity index (χ3v) is 8.47. The van der Waals surface area contributed by atoms with E-state index in [4.69, 9.17) is 4.74 Å². The first kappa shape index (κ1) is 27.2. The number of allylic oxidation sites excluding steroid dienone is 2. The molecule has 0 atom stereocenters. The fraction of sp³-hybridized carbons (Fsp3) is 0.742. The Labute approximate surface area is 207 Å². The van der Waals surface area contributed by atoms with Crippen LogP contribution < -0.4 is 4.74 Å². The average Bonchev–Trinajstić information content (AvgIpc) is 2.87. The summed E-state index contributed by atoms with van der Waals surface area (Å²) >= 11 is 0. The molecule has 0 radical (unpaired) electrons. The van der Waals surface area contributed by atoms with Crippen molar-refractivity contribution in [3.63, 3.8) is 0 Å². The number of benzene rings is 1. The van der Waals surface area contributed by atoms with Crippen LogP contribution in [0.15, 0.2) is 24.3 Å². The summed E-state index contributed by atoms with van der Waals surface area (Å²) in [5.74, 6) is 1.24. The van der Waals surface area contributed by atoms with Crippen LogP contribution in [0.2, 0.25) is 0 Å². The minimum Gasteiger partial charge on any atom is -0.490 e. The quantitative estimate of drug-likeness (QED) is 0.204. The summed E-state index contributed by atoms with van der Waals surface area (Å²) < 4.78 is 35.2. The van der Waals surface area contributed by atoms with Crippen LogP contribution in [0.1, 0.15) is 128 Å². The predicted molar refractivity (Wildman–Crippen MR) is 139 cm³/mol. The fourth-order valence-corrected chi connectivity index (χ4v) is 6.29. The Morgan fingerprint density at radius 3 is 2.09 bits per heavy atom. The molecule has 0 N–H and O–H groups in total. The Bertz CT molecular complexity index is 727. The van der Waals surface area contributed by atoms with Crippen LogP contribution in [0.5, 0.6) is 5.75 Å². The minimum absolute atomic E-state index is 0.0778. The highest BCUT2D eigenvalue weighted by atomic mass is 19.2. The molecule has 2 aliphatic rings. The second-order valence-corrected chi connectivity index (χ2v) is 10.9. The first-order valence-corrected chi connectivity index (χ1v) is 14.4. The summed E-state index contributed by atoms with van der Waals surface area (Å²) in [6.07, 6.45) is 23.7. The second kappa shape index (κ2) is 14.9. The molecule has 192 valence electrons. The van der Waals surface area contributed by atoms with Crippen LogP contribution in [-0.4, -0.2) is 6.61 Å². The van der Waals surface area contributed by atoms with Gasteiger partial charge in [-0.1, -0.05) is 64.2 Å². The third-order valence-electron chi connectivity index (χ3n) is 8.47. The molecule has 0 unspecified atom stereocenters. The summed E-state index contributed by atoms with van der Waals surface area (Å²) in [6, 6.07) is 3.44. The van der Waals surface area contributed by atoms with Gasteiger partial charge in [-0.2, -0.15) is 4.39 Å². The van der Waals surface area contributed by atoms with Crippen LogP contribution in [-0.2, 0) is 0 Å². The molecule has 2 aliphatic carbocycles. The highest BCUT2D eigenvalue weighted by Crippen LogP contribution is 2.45. The van der Waals surface area contributed by atoms with Crippen molar-refractivity contribution in [3.8, 4) is 5.75 Å². The van der Waals surface area contributed by atoms with Crippen molar-refractivity contribution < 1.29 is 13.5 Å². The van der Waals surface area contributed by atoms with Gasteiger partial charge in [-0.3, -0.25) is 0 Å². The van der Waals surface area contributed by atoms with E-state index in [-0.39, 0.29) is 11.7 Å². The van der Waals surface area contributed by atoms with Gasteiger partial charge in [0, 0.05) is 0 Å². The third kappa shape index (κ3) is 8.09. The van der Waals surface area contributed by atoms with E-state index in [1.54, 1.807) is 12.1 Å². The molecule has 1 nitrogen and oxygen atoms in total. The molecule has 0 aliphatic heterocycles. The zero-order valence-electron chi connectivity index (χ0n) is 21.8. The number of rotatable bonds is 13. The average molecular weight is 475 g/mol. The van der Waals surface area contributed by atoms with Gasteiger partial charge < -0.3 is 4.74 Å². The Morgan fingerprint density at radius 2 is 1.41 bits per heavy atom. The number of ether oxygens (including phenoxy) is 1. The maximum atomic E-state index is 14.9.